The van der Waals surface area contributed by atoms with Crippen LogP contribution < -0.4 is 5.73 Å². The first-order valence-electron chi connectivity index (χ1n) is 9.01. The number of rotatable bonds is 16. The SMILES string of the molecule is CCCCCC(=O)O[C@H](COC(=O)CCCC)COP(=O)(O)OCCN. The van der Waals surface area contributed by atoms with E-state index in [0.29, 0.717) is 12.8 Å². The van der Waals surface area contributed by atoms with Crippen LogP contribution in [0.2, 0.25) is 0 Å². The summed E-state index contributed by atoms with van der Waals surface area (Å²) >= 11 is 0. The summed E-state index contributed by atoms with van der Waals surface area (Å²) in [4.78, 5) is 32.9. The zero-order valence-corrected chi connectivity index (χ0v) is 16.6. The molecule has 0 saturated heterocycles. The summed E-state index contributed by atoms with van der Waals surface area (Å²) in [6.45, 7) is 3.18. The molecule has 0 spiro atoms. The molecule has 26 heavy (non-hydrogen) atoms. The first-order valence-corrected chi connectivity index (χ1v) is 10.5. The Labute approximate surface area is 155 Å². The Morgan fingerprint density at radius 2 is 1.65 bits per heavy atom. The predicted molar refractivity (Wildman–Crippen MR) is 95.3 cm³/mol. The summed E-state index contributed by atoms with van der Waals surface area (Å²) in [7, 11) is -4.31. The molecule has 0 heterocycles. The molecule has 154 valence electrons. The zero-order chi connectivity index (χ0) is 19.8. The van der Waals surface area contributed by atoms with E-state index in [-0.39, 0.29) is 32.6 Å². The average molecular weight is 397 g/mol. The number of carbonyl (C=O) groups excluding carboxylic acids is 2. The van der Waals surface area contributed by atoms with E-state index >= 15 is 0 Å². The van der Waals surface area contributed by atoms with Crippen molar-refractivity contribution in [2.75, 3.05) is 26.4 Å². The van der Waals surface area contributed by atoms with E-state index in [1.54, 1.807) is 0 Å². The average Bonchev–Trinajstić information content (AvgIpc) is 2.60. The van der Waals surface area contributed by atoms with E-state index in [9.17, 15) is 19.0 Å². The fourth-order valence-corrected chi connectivity index (χ4v) is 2.61. The fourth-order valence-electron chi connectivity index (χ4n) is 1.84. The van der Waals surface area contributed by atoms with Gasteiger partial charge in [0.2, 0.25) is 0 Å². The summed E-state index contributed by atoms with van der Waals surface area (Å²) in [6.07, 6.45) is 3.55. The van der Waals surface area contributed by atoms with E-state index in [1.807, 2.05) is 13.8 Å². The second kappa shape index (κ2) is 15.1. The van der Waals surface area contributed by atoms with Gasteiger partial charge in [0.15, 0.2) is 6.10 Å². The van der Waals surface area contributed by atoms with Crippen molar-refractivity contribution in [2.24, 2.45) is 5.73 Å². The van der Waals surface area contributed by atoms with Crippen LogP contribution in [0, 0.1) is 0 Å². The topological polar surface area (TPSA) is 134 Å². The number of phosphoric ester groups is 1. The maximum absolute atomic E-state index is 11.8. The minimum Gasteiger partial charge on any atom is -0.462 e. The first kappa shape index (κ1) is 25.0. The van der Waals surface area contributed by atoms with Crippen LogP contribution in [0.4, 0.5) is 0 Å². The van der Waals surface area contributed by atoms with Crippen LogP contribution in [0.1, 0.15) is 58.8 Å². The van der Waals surface area contributed by atoms with Crippen LogP contribution in [0.15, 0.2) is 0 Å². The molecule has 0 aromatic rings. The highest BCUT2D eigenvalue weighted by Crippen LogP contribution is 2.43. The largest absolute Gasteiger partial charge is 0.472 e. The number of carbonyl (C=O) groups is 2. The van der Waals surface area contributed by atoms with Gasteiger partial charge in [-0.2, -0.15) is 0 Å². The van der Waals surface area contributed by atoms with Crippen molar-refractivity contribution in [3.8, 4) is 0 Å². The van der Waals surface area contributed by atoms with Gasteiger partial charge in [-0.05, 0) is 12.8 Å². The molecule has 0 bridgehead atoms. The highest BCUT2D eigenvalue weighted by atomic mass is 31.2. The van der Waals surface area contributed by atoms with Crippen LogP contribution >= 0.6 is 7.82 Å². The Balaban J connectivity index is 4.53. The van der Waals surface area contributed by atoms with Crippen molar-refractivity contribution in [3.05, 3.63) is 0 Å². The molecule has 0 aliphatic rings. The molecule has 0 saturated carbocycles. The van der Waals surface area contributed by atoms with Gasteiger partial charge in [-0.25, -0.2) is 4.57 Å². The van der Waals surface area contributed by atoms with Gasteiger partial charge in [0, 0.05) is 19.4 Å². The van der Waals surface area contributed by atoms with Crippen LogP contribution in [-0.4, -0.2) is 49.3 Å². The minimum absolute atomic E-state index is 0.0544. The van der Waals surface area contributed by atoms with E-state index < -0.39 is 32.5 Å². The van der Waals surface area contributed by atoms with Crippen molar-refractivity contribution in [3.63, 3.8) is 0 Å². The maximum atomic E-state index is 11.8. The molecule has 0 radical (unpaired) electrons. The van der Waals surface area contributed by atoms with Crippen molar-refractivity contribution < 1.29 is 37.6 Å². The van der Waals surface area contributed by atoms with Gasteiger partial charge in [-0.3, -0.25) is 18.6 Å². The Morgan fingerprint density at radius 3 is 2.27 bits per heavy atom. The van der Waals surface area contributed by atoms with Crippen LogP contribution in [0.3, 0.4) is 0 Å². The molecule has 0 fully saturated rings. The van der Waals surface area contributed by atoms with Gasteiger partial charge in [0.1, 0.15) is 6.61 Å². The van der Waals surface area contributed by atoms with Crippen molar-refractivity contribution in [2.45, 2.75) is 64.9 Å². The van der Waals surface area contributed by atoms with Crippen molar-refractivity contribution in [1.82, 2.24) is 0 Å². The molecule has 0 amide bonds. The van der Waals surface area contributed by atoms with E-state index in [2.05, 4.69) is 4.52 Å². The molecule has 0 aromatic carbocycles. The maximum Gasteiger partial charge on any atom is 0.472 e. The summed E-state index contributed by atoms with van der Waals surface area (Å²) < 4.78 is 31.3. The summed E-state index contributed by atoms with van der Waals surface area (Å²) in [6, 6.07) is 0. The quantitative estimate of drug-likeness (QED) is 0.228. The Morgan fingerprint density at radius 1 is 1.00 bits per heavy atom. The monoisotopic (exact) mass is 397 g/mol. The van der Waals surface area contributed by atoms with Gasteiger partial charge < -0.3 is 20.1 Å². The third-order valence-electron chi connectivity index (χ3n) is 3.24. The highest BCUT2D eigenvalue weighted by molar-refractivity contribution is 7.47. The predicted octanol–water partition coefficient (Wildman–Crippen LogP) is 2.30. The minimum atomic E-state index is -4.31. The number of ether oxygens (including phenoxy) is 2. The molecule has 0 aliphatic heterocycles. The molecule has 0 aromatic heterocycles. The molecular formula is C16H32NO8P. The Kier molecular flexibility index (Phi) is 14.5. The van der Waals surface area contributed by atoms with Crippen LogP contribution in [0.25, 0.3) is 0 Å². The number of hydrogen-bond donors (Lipinski definition) is 2. The van der Waals surface area contributed by atoms with E-state index in [0.717, 1.165) is 19.3 Å². The number of hydrogen-bond acceptors (Lipinski definition) is 8. The third kappa shape index (κ3) is 14.2. The van der Waals surface area contributed by atoms with Crippen molar-refractivity contribution >= 4 is 19.8 Å². The standard InChI is InChI=1S/C16H32NO8P/c1-3-5-7-9-16(19)25-14(12-22-15(18)8-6-4-2)13-24-26(20,21)23-11-10-17/h14H,3-13,17H2,1-2H3,(H,20,21)/t14-/m1/s1. The summed E-state index contributed by atoms with van der Waals surface area (Å²) in [5.41, 5.74) is 5.20. The normalized spacial score (nSPS) is 14.5. The molecule has 1 unspecified atom stereocenters. The van der Waals surface area contributed by atoms with Crippen LogP contribution in [-0.2, 0) is 32.7 Å². The Hall–Kier alpha value is -0.990. The van der Waals surface area contributed by atoms with E-state index in [1.165, 1.54) is 0 Å². The second-order valence-corrected chi connectivity index (χ2v) is 7.20. The van der Waals surface area contributed by atoms with Crippen LogP contribution in [0.5, 0.6) is 0 Å². The summed E-state index contributed by atoms with van der Waals surface area (Å²) in [5, 5.41) is 0. The van der Waals surface area contributed by atoms with Gasteiger partial charge in [0.25, 0.3) is 0 Å². The lowest BCUT2D eigenvalue weighted by molar-refractivity contribution is -0.161. The van der Waals surface area contributed by atoms with Gasteiger partial charge in [-0.15, -0.1) is 0 Å². The molecule has 0 rings (SSSR count). The lowest BCUT2D eigenvalue weighted by atomic mass is 10.2. The molecular weight excluding hydrogens is 365 g/mol. The molecule has 10 heteroatoms. The lowest BCUT2D eigenvalue weighted by Gasteiger charge is -2.19. The number of phosphoric acid groups is 1. The van der Waals surface area contributed by atoms with Gasteiger partial charge in [0.05, 0.1) is 13.2 Å². The second-order valence-electron chi connectivity index (χ2n) is 5.74. The highest BCUT2D eigenvalue weighted by Gasteiger charge is 2.25. The number of esters is 2. The Bertz CT molecular complexity index is 446. The van der Waals surface area contributed by atoms with Gasteiger partial charge in [-0.1, -0.05) is 33.1 Å². The third-order valence-corrected chi connectivity index (χ3v) is 4.23. The summed E-state index contributed by atoms with van der Waals surface area (Å²) in [5.74, 6) is -0.905. The fraction of sp³-hybridized carbons (Fsp3) is 0.875. The number of nitrogens with two attached hydrogens (primary N) is 1. The molecule has 0 aliphatic carbocycles. The first-order chi connectivity index (χ1) is 12.3. The molecule has 9 nitrogen and oxygen atoms in total. The molecule has 2 atom stereocenters. The number of unbranched alkanes of at least 4 members (excludes halogenated alkanes) is 3. The van der Waals surface area contributed by atoms with Gasteiger partial charge >= 0.3 is 19.8 Å². The smallest absolute Gasteiger partial charge is 0.462 e. The zero-order valence-electron chi connectivity index (χ0n) is 15.7. The lowest BCUT2D eigenvalue weighted by Crippen LogP contribution is -2.29. The van der Waals surface area contributed by atoms with Crippen molar-refractivity contribution in [1.29, 1.82) is 0 Å². The van der Waals surface area contributed by atoms with E-state index in [4.69, 9.17) is 19.7 Å². The molecule has 3 N–H and O–H groups in total.